The van der Waals surface area contributed by atoms with E-state index >= 15 is 0 Å². The Labute approximate surface area is 102 Å². The minimum absolute atomic E-state index is 0.474. The second-order valence-corrected chi connectivity index (χ2v) is 5.68. The Morgan fingerprint density at radius 2 is 2.19 bits per heavy atom. The summed E-state index contributed by atoms with van der Waals surface area (Å²) in [6.07, 6.45) is 8.05. The Balaban J connectivity index is 1.94. The van der Waals surface area contributed by atoms with Gasteiger partial charge in [-0.25, -0.2) is 4.98 Å². The lowest BCUT2D eigenvalue weighted by molar-refractivity contribution is 0.334. The van der Waals surface area contributed by atoms with Crippen LogP contribution >= 0.6 is 11.3 Å². The van der Waals surface area contributed by atoms with Gasteiger partial charge in [-0.1, -0.05) is 26.2 Å². The molecule has 0 spiro atoms. The van der Waals surface area contributed by atoms with Crippen LogP contribution in [0.2, 0.25) is 0 Å². The van der Waals surface area contributed by atoms with E-state index in [4.69, 9.17) is 0 Å². The molecule has 2 nitrogen and oxygen atoms in total. The Morgan fingerprint density at radius 3 is 2.75 bits per heavy atom. The Bertz CT molecular complexity index is 315. The van der Waals surface area contributed by atoms with Gasteiger partial charge in [0.25, 0.3) is 0 Å². The predicted octanol–water partition coefficient (Wildman–Crippen LogP) is 3.82. The number of thiazole rings is 1. The smallest absolute Gasteiger partial charge is 0.110 e. The first-order chi connectivity index (χ1) is 7.79. The number of hydrogen-bond donors (Lipinski definition) is 1. The molecule has 16 heavy (non-hydrogen) atoms. The highest BCUT2D eigenvalue weighted by Crippen LogP contribution is 2.25. The summed E-state index contributed by atoms with van der Waals surface area (Å²) in [7, 11) is 0. The molecule has 0 aromatic carbocycles. The van der Waals surface area contributed by atoms with Crippen molar-refractivity contribution in [1.82, 2.24) is 10.3 Å². The van der Waals surface area contributed by atoms with Crippen LogP contribution in [0.1, 0.15) is 62.2 Å². The van der Waals surface area contributed by atoms with Gasteiger partial charge in [0.05, 0.1) is 6.04 Å². The van der Waals surface area contributed by atoms with E-state index in [2.05, 4.69) is 29.5 Å². The van der Waals surface area contributed by atoms with Crippen molar-refractivity contribution in [3.63, 3.8) is 0 Å². The van der Waals surface area contributed by atoms with Crippen LogP contribution in [0.15, 0.2) is 5.38 Å². The van der Waals surface area contributed by atoms with Crippen molar-refractivity contribution < 1.29 is 0 Å². The van der Waals surface area contributed by atoms with Crippen molar-refractivity contribution in [2.45, 2.75) is 64.5 Å². The summed E-state index contributed by atoms with van der Waals surface area (Å²) in [4.78, 5) is 4.60. The van der Waals surface area contributed by atoms with Gasteiger partial charge in [0.2, 0.25) is 0 Å². The molecule has 0 radical (unpaired) electrons. The van der Waals surface area contributed by atoms with Crippen molar-refractivity contribution in [2.24, 2.45) is 0 Å². The highest BCUT2D eigenvalue weighted by molar-refractivity contribution is 7.09. The third kappa shape index (κ3) is 3.05. The fourth-order valence-corrected chi connectivity index (χ4v) is 3.39. The highest BCUT2D eigenvalue weighted by Gasteiger charge is 2.19. The topological polar surface area (TPSA) is 24.9 Å². The van der Waals surface area contributed by atoms with Gasteiger partial charge in [-0.3, -0.25) is 0 Å². The van der Waals surface area contributed by atoms with E-state index in [-0.39, 0.29) is 0 Å². The minimum atomic E-state index is 0.474. The molecule has 1 aliphatic rings. The van der Waals surface area contributed by atoms with Crippen LogP contribution in [0, 0.1) is 6.92 Å². The molecule has 0 saturated heterocycles. The fourth-order valence-electron chi connectivity index (χ4n) is 2.45. The summed E-state index contributed by atoms with van der Waals surface area (Å²) >= 11 is 1.80. The summed E-state index contributed by atoms with van der Waals surface area (Å²) in [6.45, 7) is 4.32. The summed E-state index contributed by atoms with van der Waals surface area (Å²) < 4.78 is 0. The first-order valence-corrected chi connectivity index (χ1v) is 7.35. The molecule has 1 unspecified atom stereocenters. The average Bonchev–Trinajstić information content (AvgIpc) is 2.74. The molecule has 1 aliphatic carbocycles. The number of aryl methyl sites for hydroxylation is 1. The SMILES string of the molecule is CCC(NC1CCCCC1)c1nc(C)cs1. The monoisotopic (exact) mass is 238 g/mol. The molecule has 1 aromatic heterocycles. The van der Waals surface area contributed by atoms with Gasteiger partial charge < -0.3 is 5.32 Å². The summed E-state index contributed by atoms with van der Waals surface area (Å²) in [5.41, 5.74) is 1.16. The maximum atomic E-state index is 4.60. The molecule has 1 aromatic rings. The zero-order valence-corrected chi connectivity index (χ0v) is 11.1. The summed E-state index contributed by atoms with van der Waals surface area (Å²) in [5.74, 6) is 0. The van der Waals surface area contributed by atoms with E-state index in [1.165, 1.54) is 37.1 Å². The molecule has 1 saturated carbocycles. The van der Waals surface area contributed by atoms with Crippen LogP contribution in [0.5, 0.6) is 0 Å². The minimum Gasteiger partial charge on any atom is -0.305 e. The van der Waals surface area contributed by atoms with Crippen molar-refractivity contribution in [3.8, 4) is 0 Å². The number of hydrogen-bond acceptors (Lipinski definition) is 3. The molecule has 0 amide bonds. The van der Waals surface area contributed by atoms with Gasteiger partial charge in [-0.2, -0.15) is 0 Å². The number of nitrogens with zero attached hydrogens (tertiary/aromatic N) is 1. The number of nitrogens with one attached hydrogen (secondary N) is 1. The van der Waals surface area contributed by atoms with Crippen LogP contribution in [-0.2, 0) is 0 Å². The largest absolute Gasteiger partial charge is 0.305 e. The average molecular weight is 238 g/mol. The molecular formula is C13H22N2S. The summed E-state index contributed by atoms with van der Waals surface area (Å²) in [6, 6.07) is 1.20. The maximum absolute atomic E-state index is 4.60. The zero-order valence-electron chi connectivity index (χ0n) is 10.3. The molecule has 3 heteroatoms. The highest BCUT2D eigenvalue weighted by atomic mass is 32.1. The normalized spacial score (nSPS) is 19.9. The standard InChI is InChI=1S/C13H22N2S/c1-3-12(13-14-10(2)9-16-13)15-11-7-5-4-6-8-11/h9,11-12,15H,3-8H2,1-2H3. The second-order valence-electron chi connectivity index (χ2n) is 4.79. The van der Waals surface area contributed by atoms with Gasteiger partial charge in [-0.15, -0.1) is 11.3 Å². The third-order valence-electron chi connectivity index (χ3n) is 3.39. The van der Waals surface area contributed by atoms with Crippen LogP contribution in [0.4, 0.5) is 0 Å². The molecule has 1 heterocycles. The van der Waals surface area contributed by atoms with Crippen LogP contribution < -0.4 is 5.32 Å². The molecule has 1 atom stereocenters. The molecule has 2 rings (SSSR count). The number of rotatable bonds is 4. The van der Waals surface area contributed by atoms with E-state index in [1.54, 1.807) is 11.3 Å². The lowest BCUT2D eigenvalue weighted by Crippen LogP contribution is -2.34. The van der Waals surface area contributed by atoms with Gasteiger partial charge in [0.15, 0.2) is 0 Å². The van der Waals surface area contributed by atoms with Crippen molar-refractivity contribution in [3.05, 3.63) is 16.1 Å². The Kier molecular flexibility index (Phi) is 4.36. The lowest BCUT2D eigenvalue weighted by atomic mass is 9.95. The maximum Gasteiger partial charge on any atom is 0.110 e. The molecule has 0 bridgehead atoms. The quantitative estimate of drug-likeness (QED) is 0.862. The van der Waals surface area contributed by atoms with E-state index in [0.29, 0.717) is 6.04 Å². The lowest BCUT2D eigenvalue weighted by Gasteiger charge is -2.27. The first-order valence-electron chi connectivity index (χ1n) is 6.47. The van der Waals surface area contributed by atoms with Gasteiger partial charge in [0, 0.05) is 17.1 Å². The summed E-state index contributed by atoms with van der Waals surface area (Å²) in [5, 5.41) is 7.21. The van der Waals surface area contributed by atoms with Crippen LogP contribution in [0.3, 0.4) is 0 Å². The van der Waals surface area contributed by atoms with Crippen molar-refractivity contribution in [2.75, 3.05) is 0 Å². The van der Waals surface area contributed by atoms with Crippen molar-refractivity contribution >= 4 is 11.3 Å². The molecule has 90 valence electrons. The van der Waals surface area contributed by atoms with E-state index in [9.17, 15) is 0 Å². The number of aromatic nitrogens is 1. The van der Waals surface area contributed by atoms with Crippen molar-refractivity contribution in [1.29, 1.82) is 0 Å². The van der Waals surface area contributed by atoms with Gasteiger partial charge in [-0.05, 0) is 26.2 Å². The first kappa shape index (κ1) is 12.1. The third-order valence-corrected chi connectivity index (χ3v) is 4.46. The second kappa shape index (κ2) is 5.78. The van der Waals surface area contributed by atoms with E-state index in [1.807, 2.05) is 0 Å². The predicted molar refractivity (Wildman–Crippen MR) is 69.9 cm³/mol. The Morgan fingerprint density at radius 1 is 1.44 bits per heavy atom. The van der Waals surface area contributed by atoms with E-state index in [0.717, 1.165) is 18.2 Å². The van der Waals surface area contributed by atoms with E-state index < -0.39 is 0 Å². The van der Waals surface area contributed by atoms with Gasteiger partial charge >= 0.3 is 0 Å². The molecule has 1 fully saturated rings. The zero-order chi connectivity index (χ0) is 11.4. The fraction of sp³-hybridized carbons (Fsp3) is 0.769. The molecular weight excluding hydrogens is 216 g/mol. The Hall–Kier alpha value is -0.410. The van der Waals surface area contributed by atoms with Crippen LogP contribution in [-0.4, -0.2) is 11.0 Å². The van der Waals surface area contributed by atoms with Gasteiger partial charge in [0.1, 0.15) is 5.01 Å². The molecule has 0 aliphatic heterocycles. The molecule has 1 N–H and O–H groups in total. The van der Waals surface area contributed by atoms with Crippen LogP contribution in [0.25, 0.3) is 0 Å².